The highest BCUT2D eigenvalue weighted by molar-refractivity contribution is 6.08. The second-order valence-electron chi connectivity index (χ2n) is 8.36. The first kappa shape index (κ1) is 20.1. The van der Waals surface area contributed by atoms with Gasteiger partial charge < -0.3 is 15.0 Å². The lowest BCUT2D eigenvalue weighted by atomic mass is 9.79. The van der Waals surface area contributed by atoms with Crippen LogP contribution in [0.5, 0.6) is 0 Å². The molecule has 1 aromatic rings. The molecule has 0 aromatic heterocycles. The van der Waals surface area contributed by atoms with Gasteiger partial charge in [0.1, 0.15) is 0 Å². The molecule has 1 aliphatic carbocycles. The standard InChI is InChI=1S/C23H31N3O3/c1-18-19-7-3-4-8-20(19)22(28)26(18)12-9-21(27)24-17-23(10-5-2-6-11-23)25-13-15-29-16-14-25/h3-4,7-8H,1-2,5-6,9-17H2,(H,24,27). The van der Waals surface area contributed by atoms with Crippen molar-refractivity contribution in [3.63, 3.8) is 0 Å². The SMILES string of the molecule is C=C1c2ccccc2C(=O)N1CCC(=O)NCC1(N2CCOCC2)CCCCC1. The molecule has 2 fully saturated rings. The maximum atomic E-state index is 12.6. The zero-order valence-corrected chi connectivity index (χ0v) is 17.1. The molecule has 4 rings (SSSR count). The van der Waals surface area contributed by atoms with E-state index in [0.717, 1.165) is 44.7 Å². The first-order chi connectivity index (χ1) is 14.1. The van der Waals surface area contributed by atoms with Crippen LogP contribution in [0.4, 0.5) is 0 Å². The van der Waals surface area contributed by atoms with Crippen LogP contribution >= 0.6 is 0 Å². The molecule has 0 unspecified atom stereocenters. The van der Waals surface area contributed by atoms with E-state index in [9.17, 15) is 9.59 Å². The van der Waals surface area contributed by atoms with Crippen molar-refractivity contribution in [1.29, 1.82) is 0 Å². The smallest absolute Gasteiger partial charge is 0.258 e. The molecular weight excluding hydrogens is 366 g/mol. The maximum absolute atomic E-state index is 12.6. The minimum Gasteiger partial charge on any atom is -0.379 e. The number of nitrogens with zero attached hydrogens (tertiary/aromatic N) is 2. The van der Waals surface area contributed by atoms with Gasteiger partial charge in [0.25, 0.3) is 5.91 Å². The molecule has 0 radical (unpaired) electrons. The fourth-order valence-corrected chi connectivity index (χ4v) is 4.99. The molecule has 2 heterocycles. The van der Waals surface area contributed by atoms with E-state index in [4.69, 9.17) is 4.74 Å². The Balaban J connectivity index is 1.32. The third-order valence-corrected chi connectivity index (χ3v) is 6.68. The average Bonchev–Trinajstić information content (AvgIpc) is 3.02. The van der Waals surface area contributed by atoms with Crippen molar-refractivity contribution in [2.75, 3.05) is 39.4 Å². The molecule has 1 aromatic carbocycles. The quantitative estimate of drug-likeness (QED) is 0.802. The van der Waals surface area contributed by atoms with Gasteiger partial charge in [0.15, 0.2) is 0 Å². The first-order valence-electron chi connectivity index (χ1n) is 10.8. The lowest BCUT2D eigenvalue weighted by molar-refractivity contribution is -0.122. The Morgan fingerprint density at radius 3 is 2.48 bits per heavy atom. The number of ether oxygens (including phenoxy) is 1. The average molecular weight is 398 g/mol. The van der Waals surface area contributed by atoms with Gasteiger partial charge in [0.2, 0.25) is 5.91 Å². The molecule has 1 saturated heterocycles. The second kappa shape index (κ2) is 8.67. The van der Waals surface area contributed by atoms with E-state index in [1.165, 1.54) is 19.3 Å². The Morgan fingerprint density at radius 1 is 1.10 bits per heavy atom. The zero-order valence-electron chi connectivity index (χ0n) is 17.1. The maximum Gasteiger partial charge on any atom is 0.258 e. The normalized spacial score (nSPS) is 21.9. The van der Waals surface area contributed by atoms with Crippen LogP contribution < -0.4 is 5.32 Å². The molecule has 1 saturated carbocycles. The fraction of sp³-hybridized carbons (Fsp3) is 0.565. The van der Waals surface area contributed by atoms with Crippen molar-refractivity contribution in [3.8, 4) is 0 Å². The predicted molar refractivity (Wildman–Crippen MR) is 112 cm³/mol. The number of amides is 2. The molecular formula is C23H31N3O3. The van der Waals surface area contributed by atoms with E-state index >= 15 is 0 Å². The molecule has 1 N–H and O–H groups in total. The summed E-state index contributed by atoms with van der Waals surface area (Å²) in [5.41, 5.74) is 2.29. The molecule has 3 aliphatic rings. The number of fused-ring (bicyclic) bond motifs is 1. The Labute approximate surface area is 172 Å². The number of hydrogen-bond donors (Lipinski definition) is 1. The van der Waals surface area contributed by atoms with Crippen molar-refractivity contribution >= 4 is 17.5 Å². The Bertz CT molecular complexity index is 744. The van der Waals surface area contributed by atoms with E-state index in [1.807, 2.05) is 24.3 Å². The monoisotopic (exact) mass is 397 g/mol. The van der Waals surface area contributed by atoms with Gasteiger partial charge in [-0.25, -0.2) is 0 Å². The Hall–Kier alpha value is -2.18. The van der Waals surface area contributed by atoms with Crippen LogP contribution in [-0.4, -0.2) is 66.5 Å². The molecule has 0 spiro atoms. The summed E-state index contributed by atoms with van der Waals surface area (Å²) in [5, 5.41) is 3.18. The van der Waals surface area contributed by atoms with Crippen LogP contribution in [-0.2, 0) is 9.53 Å². The van der Waals surface area contributed by atoms with Gasteiger partial charge in [-0.3, -0.25) is 14.5 Å². The number of hydrogen-bond acceptors (Lipinski definition) is 4. The molecule has 6 heteroatoms. The summed E-state index contributed by atoms with van der Waals surface area (Å²) in [6.45, 7) is 8.53. The second-order valence-corrected chi connectivity index (χ2v) is 8.36. The van der Waals surface area contributed by atoms with Gasteiger partial charge >= 0.3 is 0 Å². The van der Waals surface area contributed by atoms with Crippen molar-refractivity contribution in [2.24, 2.45) is 0 Å². The third-order valence-electron chi connectivity index (χ3n) is 6.68. The largest absolute Gasteiger partial charge is 0.379 e. The molecule has 29 heavy (non-hydrogen) atoms. The summed E-state index contributed by atoms with van der Waals surface area (Å²) in [6.07, 6.45) is 6.26. The van der Waals surface area contributed by atoms with Gasteiger partial charge in [0, 0.05) is 55.0 Å². The predicted octanol–water partition coefficient (Wildman–Crippen LogP) is 2.65. The van der Waals surface area contributed by atoms with Crippen molar-refractivity contribution < 1.29 is 14.3 Å². The summed E-state index contributed by atoms with van der Waals surface area (Å²) in [5.74, 6) is -0.0600. The van der Waals surface area contributed by atoms with Gasteiger partial charge in [-0.1, -0.05) is 44.0 Å². The number of benzene rings is 1. The highest BCUT2D eigenvalue weighted by atomic mass is 16.5. The van der Waals surface area contributed by atoms with Gasteiger partial charge in [-0.15, -0.1) is 0 Å². The van der Waals surface area contributed by atoms with Gasteiger partial charge in [-0.2, -0.15) is 0 Å². The molecule has 0 bridgehead atoms. The Kier molecular flexibility index (Phi) is 6.01. The number of carbonyl (C=O) groups is 2. The van der Waals surface area contributed by atoms with E-state index in [0.29, 0.717) is 24.4 Å². The minimum atomic E-state index is -0.0598. The first-order valence-corrected chi connectivity index (χ1v) is 10.8. The number of morpholine rings is 1. The van der Waals surface area contributed by atoms with E-state index in [-0.39, 0.29) is 23.8 Å². The molecule has 2 amide bonds. The van der Waals surface area contributed by atoms with Crippen LogP contribution in [0.15, 0.2) is 30.8 Å². The van der Waals surface area contributed by atoms with Crippen LogP contribution in [0.2, 0.25) is 0 Å². The Morgan fingerprint density at radius 2 is 1.79 bits per heavy atom. The molecule has 6 nitrogen and oxygen atoms in total. The highest BCUT2D eigenvalue weighted by Crippen LogP contribution is 2.34. The lowest BCUT2D eigenvalue weighted by Gasteiger charge is -2.48. The van der Waals surface area contributed by atoms with Crippen LogP contribution in [0, 0.1) is 0 Å². The van der Waals surface area contributed by atoms with Crippen LogP contribution in [0.1, 0.15) is 54.4 Å². The van der Waals surface area contributed by atoms with Crippen molar-refractivity contribution in [3.05, 3.63) is 42.0 Å². The van der Waals surface area contributed by atoms with E-state index in [2.05, 4.69) is 16.8 Å². The molecule has 2 aliphatic heterocycles. The van der Waals surface area contributed by atoms with Crippen LogP contribution in [0.25, 0.3) is 5.70 Å². The van der Waals surface area contributed by atoms with Gasteiger partial charge in [-0.05, 0) is 18.9 Å². The third kappa shape index (κ3) is 4.09. The zero-order chi connectivity index (χ0) is 20.3. The van der Waals surface area contributed by atoms with Gasteiger partial charge in [0.05, 0.1) is 13.2 Å². The van der Waals surface area contributed by atoms with E-state index < -0.39 is 0 Å². The van der Waals surface area contributed by atoms with E-state index in [1.54, 1.807) is 4.90 Å². The van der Waals surface area contributed by atoms with Crippen LogP contribution in [0.3, 0.4) is 0 Å². The number of nitrogens with one attached hydrogen (secondary N) is 1. The summed E-state index contributed by atoms with van der Waals surface area (Å²) < 4.78 is 5.53. The summed E-state index contributed by atoms with van der Waals surface area (Å²) in [4.78, 5) is 29.4. The lowest BCUT2D eigenvalue weighted by Crippen LogP contribution is -2.59. The van der Waals surface area contributed by atoms with Crippen molar-refractivity contribution in [1.82, 2.24) is 15.1 Å². The fourth-order valence-electron chi connectivity index (χ4n) is 4.99. The summed E-state index contributed by atoms with van der Waals surface area (Å²) >= 11 is 0. The number of rotatable bonds is 6. The summed E-state index contributed by atoms with van der Waals surface area (Å²) in [6, 6.07) is 7.49. The van der Waals surface area contributed by atoms with Crippen molar-refractivity contribution in [2.45, 2.75) is 44.1 Å². The topological polar surface area (TPSA) is 61.9 Å². The molecule has 156 valence electrons. The number of carbonyl (C=O) groups excluding carboxylic acids is 2. The summed E-state index contributed by atoms with van der Waals surface area (Å²) in [7, 11) is 0. The molecule has 0 atom stereocenters. The minimum absolute atomic E-state index is 0.000218. The highest BCUT2D eigenvalue weighted by Gasteiger charge is 2.39.